The molecule has 1 aliphatic heterocycles. The zero-order chi connectivity index (χ0) is 20.5. The number of benzene rings is 3. The molecule has 0 spiro atoms. The van der Waals surface area contributed by atoms with Gasteiger partial charge < -0.3 is 4.57 Å². The van der Waals surface area contributed by atoms with Gasteiger partial charge in [-0.05, 0) is 78.2 Å². The van der Waals surface area contributed by atoms with Gasteiger partial charge in [-0.3, -0.25) is 4.90 Å². The lowest BCUT2D eigenvalue weighted by atomic mass is 10.0. The van der Waals surface area contributed by atoms with E-state index in [-0.39, 0.29) is 0 Å². The number of likely N-dealkylation sites (tertiary alicyclic amines) is 1. The second-order valence-corrected chi connectivity index (χ2v) is 8.57. The Morgan fingerprint density at radius 1 is 0.967 bits per heavy atom. The standard InChI is InChI=1S/C27H27N3/c1-29-26(17-24-11-8-20(18-28)16-27(24)29)13-12-25-7-4-14-30(25)19-21-9-10-22-5-2-3-6-23(22)15-21/h2-3,5-6,8-11,15-17,25H,4,7,12-14,19H2,1H3. The van der Waals surface area contributed by atoms with Crippen molar-refractivity contribution in [3.63, 3.8) is 0 Å². The van der Waals surface area contributed by atoms with Crippen molar-refractivity contribution < 1.29 is 0 Å². The molecule has 3 nitrogen and oxygen atoms in total. The van der Waals surface area contributed by atoms with Gasteiger partial charge in [-0.2, -0.15) is 5.26 Å². The number of aromatic nitrogens is 1. The molecule has 1 aromatic heterocycles. The third-order valence-corrected chi connectivity index (χ3v) is 6.71. The minimum atomic E-state index is 0.643. The van der Waals surface area contributed by atoms with Crippen molar-refractivity contribution >= 4 is 21.7 Å². The molecule has 2 heterocycles. The Labute approximate surface area is 178 Å². The molecule has 1 aliphatic rings. The first-order valence-electron chi connectivity index (χ1n) is 10.9. The number of hydrogen-bond acceptors (Lipinski definition) is 2. The molecule has 0 saturated carbocycles. The van der Waals surface area contributed by atoms with Crippen LogP contribution in [0.2, 0.25) is 0 Å². The highest BCUT2D eigenvalue weighted by molar-refractivity contribution is 5.83. The molecule has 3 aromatic carbocycles. The lowest BCUT2D eigenvalue weighted by molar-refractivity contribution is 0.234. The molecule has 30 heavy (non-hydrogen) atoms. The van der Waals surface area contributed by atoms with Crippen LogP contribution in [0.25, 0.3) is 21.7 Å². The van der Waals surface area contributed by atoms with Crippen LogP contribution in [0.1, 0.15) is 36.1 Å². The normalized spacial score (nSPS) is 17.0. The lowest BCUT2D eigenvalue weighted by Gasteiger charge is -2.25. The second-order valence-electron chi connectivity index (χ2n) is 8.57. The summed E-state index contributed by atoms with van der Waals surface area (Å²) < 4.78 is 2.26. The van der Waals surface area contributed by atoms with Crippen LogP contribution in [0.5, 0.6) is 0 Å². The van der Waals surface area contributed by atoms with Crippen LogP contribution in [0, 0.1) is 11.3 Å². The summed E-state index contributed by atoms with van der Waals surface area (Å²) in [7, 11) is 2.13. The molecule has 3 heteroatoms. The zero-order valence-electron chi connectivity index (χ0n) is 17.5. The van der Waals surface area contributed by atoms with Crippen LogP contribution < -0.4 is 0 Å². The van der Waals surface area contributed by atoms with E-state index in [2.05, 4.69) is 77.2 Å². The highest BCUT2D eigenvalue weighted by atomic mass is 15.2. The molecule has 150 valence electrons. The molecular formula is C27H27N3. The Bertz CT molecular complexity index is 1240. The average Bonchev–Trinajstić information content (AvgIpc) is 3.35. The van der Waals surface area contributed by atoms with Crippen LogP contribution in [0.3, 0.4) is 0 Å². The molecule has 4 aromatic rings. The number of nitrogens with zero attached hydrogens (tertiary/aromatic N) is 3. The minimum absolute atomic E-state index is 0.643. The van der Waals surface area contributed by atoms with Crippen LogP contribution in [-0.2, 0) is 20.0 Å². The van der Waals surface area contributed by atoms with Gasteiger partial charge in [0, 0.05) is 30.8 Å². The quantitative estimate of drug-likeness (QED) is 0.429. The maximum Gasteiger partial charge on any atom is 0.0992 e. The van der Waals surface area contributed by atoms with E-state index in [1.165, 1.54) is 53.2 Å². The maximum absolute atomic E-state index is 9.19. The summed E-state index contributed by atoms with van der Waals surface area (Å²) in [4.78, 5) is 2.67. The van der Waals surface area contributed by atoms with Crippen molar-refractivity contribution in [3.05, 3.63) is 83.6 Å². The maximum atomic E-state index is 9.19. The summed E-state index contributed by atoms with van der Waals surface area (Å²) >= 11 is 0. The Morgan fingerprint density at radius 3 is 2.67 bits per heavy atom. The first-order chi connectivity index (χ1) is 14.7. The molecule has 0 bridgehead atoms. The van der Waals surface area contributed by atoms with Crippen molar-refractivity contribution in [2.45, 2.75) is 38.3 Å². The molecule has 0 aliphatic carbocycles. The average molecular weight is 394 g/mol. The van der Waals surface area contributed by atoms with Crippen LogP contribution in [-0.4, -0.2) is 22.1 Å². The Morgan fingerprint density at radius 2 is 1.80 bits per heavy atom. The van der Waals surface area contributed by atoms with Gasteiger partial charge in [0.2, 0.25) is 0 Å². The van der Waals surface area contributed by atoms with Crippen molar-refractivity contribution in [1.29, 1.82) is 5.26 Å². The molecule has 1 unspecified atom stereocenters. The van der Waals surface area contributed by atoms with Crippen LogP contribution >= 0.6 is 0 Å². The molecule has 5 rings (SSSR count). The zero-order valence-corrected chi connectivity index (χ0v) is 17.5. The molecule has 1 saturated heterocycles. The number of hydrogen-bond donors (Lipinski definition) is 0. The molecular weight excluding hydrogens is 366 g/mol. The predicted octanol–water partition coefficient (Wildman–Crippen LogP) is 5.80. The number of nitriles is 1. The van der Waals surface area contributed by atoms with Gasteiger partial charge in [-0.25, -0.2) is 0 Å². The predicted molar refractivity (Wildman–Crippen MR) is 123 cm³/mol. The van der Waals surface area contributed by atoms with Crippen molar-refractivity contribution in [2.75, 3.05) is 6.54 Å². The molecule has 0 N–H and O–H groups in total. The van der Waals surface area contributed by atoms with Gasteiger partial charge in [0.25, 0.3) is 0 Å². The highest BCUT2D eigenvalue weighted by Gasteiger charge is 2.24. The smallest absolute Gasteiger partial charge is 0.0992 e. The fraction of sp³-hybridized carbons (Fsp3) is 0.296. The Balaban J connectivity index is 1.29. The van der Waals surface area contributed by atoms with Gasteiger partial charge in [0.15, 0.2) is 0 Å². The summed E-state index contributed by atoms with van der Waals surface area (Å²) in [5.74, 6) is 0. The summed E-state index contributed by atoms with van der Waals surface area (Å²) in [6, 6.07) is 26.7. The van der Waals surface area contributed by atoms with Gasteiger partial charge in [-0.15, -0.1) is 0 Å². The van der Waals surface area contributed by atoms with Gasteiger partial charge in [-0.1, -0.05) is 42.5 Å². The van der Waals surface area contributed by atoms with Gasteiger partial charge in [0.05, 0.1) is 11.6 Å². The van der Waals surface area contributed by atoms with E-state index in [4.69, 9.17) is 0 Å². The Kier molecular flexibility index (Phi) is 5.02. The van der Waals surface area contributed by atoms with E-state index in [1.807, 2.05) is 12.1 Å². The summed E-state index contributed by atoms with van der Waals surface area (Å²) in [5, 5.41) is 13.1. The SMILES string of the molecule is Cn1c(CCC2CCCN2Cc2ccc3ccccc3c2)cc2ccc(C#N)cc21. The number of aryl methyl sites for hydroxylation is 2. The Hall–Kier alpha value is -3.09. The monoisotopic (exact) mass is 393 g/mol. The van der Waals surface area contributed by atoms with E-state index in [9.17, 15) is 5.26 Å². The highest BCUT2D eigenvalue weighted by Crippen LogP contribution is 2.27. The van der Waals surface area contributed by atoms with E-state index in [1.54, 1.807) is 0 Å². The number of fused-ring (bicyclic) bond motifs is 2. The lowest BCUT2D eigenvalue weighted by Crippen LogP contribution is -2.29. The largest absolute Gasteiger partial charge is 0.348 e. The first-order valence-corrected chi connectivity index (χ1v) is 10.9. The van der Waals surface area contributed by atoms with E-state index in [0.717, 1.165) is 24.0 Å². The van der Waals surface area contributed by atoms with Gasteiger partial charge in [0.1, 0.15) is 0 Å². The minimum Gasteiger partial charge on any atom is -0.348 e. The molecule has 0 radical (unpaired) electrons. The van der Waals surface area contributed by atoms with E-state index >= 15 is 0 Å². The van der Waals surface area contributed by atoms with Crippen molar-refractivity contribution in [1.82, 2.24) is 9.47 Å². The van der Waals surface area contributed by atoms with E-state index < -0.39 is 0 Å². The third kappa shape index (κ3) is 3.60. The fourth-order valence-corrected chi connectivity index (χ4v) is 5.01. The van der Waals surface area contributed by atoms with Crippen molar-refractivity contribution in [2.24, 2.45) is 7.05 Å². The van der Waals surface area contributed by atoms with Crippen LogP contribution in [0.4, 0.5) is 0 Å². The number of rotatable bonds is 5. The first kappa shape index (κ1) is 18.9. The molecule has 0 amide bonds. The molecule has 1 atom stereocenters. The van der Waals surface area contributed by atoms with Crippen molar-refractivity contribution in [3.8, 4) is 6.07 Å². The molecule has 1 fully saturated rings. The summed E-state index contributed by atoms with van der Waals surface area (Å²) in [6.45, 7) is 2.23. The summed E-state index contributed by atoms with van der Waals surface area (Å²) in [5.41, 5.74) is 4.66. The summed E-state index contributed by atoms with van der Waals surface area (Å²) in [6.07, 6.45) is 4.84. The third-order valence-electron chi connectivity index (χ3n) is 6.71. The second kappa shape index (κ2) is 7.97. The van der Waals surface area contributed by atoms with E-state index in [0.29, 0.717) is 6.04 Å². The fourth-order valence-electron chi connectivity index (χ4n) is 5.01. The van der Waals surface area contributed by atoms with Crippen LogP contribution in [0.15, 0.2) is 66.7 Å². The van der Waals surface area contributed by atoms with Gasteiger partial charge >= 0.3 is 0 Å². The topological polar surface area (TPSA) is 32.0 Å².